The third kappa shape index (κ3) is 3.78. The van der Waals surface area contributed by atoms with Gasteiger partial charge in [-0.05, 0) is 25.7 Å². The van der Waals surface area contributed by atoms with Crippen molar-refractivity contribution in [2.75, 3.05) is 0 Å². The maximum atomic E-state index is 5.67. The maximum absolute atomic E-state index is 5.67. The fourth-order valence-corrected chi connectivity index (χ4v) is 1.22. The van der Waals surface area contributed by atoms with E-state index in [4.69, 9.17) is 5.73 Å². The summed E-state index contributed by atoms with van der Waals surface area (Å²) in [6.45, 7) is 0. The highest BCUT2D eigenvalue weighted by molar-refractivity contribution is 5.85. The second kappa shape index (κ2) is 5.60. The Labute approximate surface area is 69.1 Å². The lowest BCUT2D eigenvalue weighted by Crippen LogP contribution is -1.98. The molecule has 0 spiro atoms. The molecule has 0 unspecified atom stereocenters. The zero-order chi connectivity index (χ0) is 6.53. The van der Waals surface area contributed by atoms with E-state index < -0.39 is 0 Å². The molecule has 0 aromatic carbocycles. The molecule has 2 heteroatoms. The average Bonchev–Trinajstić information content (AvgIpc) is 1.79. The molecule has 0 amide bonds. The van der Waals surface area contributed by atoms with Crippen molar-refractivity contribution in [3.05, 3.63) is 11.8 Å². The summed E-state index contributed by atoms with van der Waals surface area (Å²) in [6, 6.07) is 0. The molecule has 1 nitrogen and oxygen atoms in total. The van der Waals surface area contributed by atoms with Gasteiger partial charge in [-0.15, -0.1) is 12.4 Å². The highest BCUT2D eigenvalue weighted by Crippen LogP contribution is 2.12. The lowest BCUT2D eigenvalue weighted by Gasteiger charge is -2.05. The summed E-state index contributed by atoms with van der Waals surface area (Å²) in [5, 5.41) is 0. The minimum atomic E-state index is 0. The third-order valence-corrected chi connectivity index (χ3v) is 1.83. The standard InChI is InChI=1S/C8H15N.ClH/c9-8-6-4-2-1-3-5-7-8;/h6H,1-5,7,9H2;1H/b8-6+;. The first kappa shape index (κ1) is 9.83. The Morgan fingerprint density at radius 1 is 1.10 bits per heavy atom. The van der Waals surface area contributed by atoms with Gasteiger partial charge in [0.05, 0.1) is 0 Å². The van der Waals surface area contributed by atoms with Gasteiger partial charge in [0.2, 0.25) is 0 Å². The number of nitrogens with two attached hydrogens (primary N) is 1. The molecule has 1 aliphatic carbocycles. The van der Waals surface area contributed by atoms with Crippen LogP contribution in [0.1, 0.15) is 38.5 Å². The summed E-state index contributed by atoms with van der Waals surface area (Å²) in [5.41, 5.74) is 6.77. The molecule has 0 aromatic rings. The first-order valence-electron chi connectivity index (χ1n) is 3.84. The monoisotopic (exact) mass is 161 g/mol. The van der Waals surface area contributed by atoms with E-state index >= 15 is 0 Å². The summed E-state index contributed by atoms with van der Waals surface area (Å²) < 4.78 is 0. The zero-order valence-electron chi connectivity index (χ0n) is 6.31. The number of halogens is 1. The summed E-state index contributed by atoms with van der Waals surface area (Å²) in [5.74, 6) is 0. The van der Waals surface area contributed by atoms with Crippen LogP contribution in [0.5, 0.6) is 0 Å². The Morgan fingerprint density at radius 2 is 1.80 bits per heavy atom. The van der Waals surface area contributed by atoms with Crippen LogP contribution in [0.15, 0.2) is 11.8 Å². The molecule has 0 heterocycles. The van der Waals surface area contributed by atoms with Crippen LogP contribution in [0.3, 0.4) is 0 Å². The molecule has 0 aromatic heterocycles. The molecular formula is C8H16ClN. The Bertz CT molecular complexity index is 110. The highest BCUT2D eigenvalue weighted by atomic mass is 35.5. The van der Waals surface area contributed by atoms with Gasteiger partial charge >= 0.3 is 0 Å². The topological polar surface area (TPSA) is 26.0 Å². The predicted octanol–water partition coefficient (Wildman–Crippen LogP) is 2.61. The molecule has 0 saturated carbocycles. The van der Waals surface area contributed by atoms with Crippen LogP contribution in [0.4, 0.5) is 0 Å². The predicted molar refractivity (Wildman–Crippen MR) is 47.2 cm³/mol. The van der Waals surface area contributed by atoms with Gasteiger partial charge in [-0.1, -0.05) is 18.9 Å². The molecule has 60 valence electrons. The molecule has 0 atom stereocenters. The Hall–Kier alpha value is -0.170. The van der Waals surface area contributed by atoms with Crippen LogP contribution in [0.2, 0.25) is 0 Å². The summed E-state index contributed by atoms with van der Waals surface area (Å²) >= 11 is 0. The van der Waals surface area contributed by atoms with Gasteiger partial charge in [0.25, 0.3) is 0 Å². The number of allylic oxidation sites excluding steroid dienone is 2. The summed E-state index contributed by atoms with van der Waals surface area (Å²) in [7, 11) is 0. The quantitative estimate of drug-likeness (QED) is 0.581. The lowest BCUT2D eigenvalue weighted by atomic mass is 10.0. The van der Waals surface area contributed by atoms with Crippen molar-refractivity contribution >= 4 is 12.4 Å². The third-order valence-electron chi connectivity index (χ3n) is 1.83. The van der Waals surface area contributed by atoms with Crippen molar-refractivity contribution in [1.29, 1.82) is 0 Å². The molecule has 10 heavy (non-hydrogen) atoms. The van der Waals surface area contributed by atoms with Gasteiger partial charge in [0, 0.05) is 5.70 Å². The van der Waals surface area contributed by atoms with Crippen LogP contribution in [0, 0.1) is 0 Å². The smallest absolute Gasteiger partial charge is 0.00399 e. The van der Waals surface area contributed by atoms with E-state index in [-0.39, 0.29) is 12.4 Å². The van der Waals surface area contributed by atoms with Crippen LogP contribution in [0.25, 0.3) is 0 Å². The fraction of sp³-hybridized carbons (Fsp3) is 0.750. The van der Waals surface area contributed by atoms with E-state index in [0.29, 0.717) is 0 Å². The molecular weight excluding hydrogens is 146 g/mol. The maximum Gasteiger partial charge on any atom is 0.00399 e. The zero-order valence-corrected chi connectivity index (χ0v) is 7.12. The molecule has 2 N–H and O–H groups in total. The number of rotatable bonds is 0. The van der Waals surface area contributed by atoms with Gasteiger partial charge < -0.3 is 5.73 Å². The highest BCUT2D eigenvalue weighted by Gasteiger charge is 1.96. The molecule has 0 radical (unpaired) electrons. The molecule has 0 saturated heterocycles. The van der Waals surface area contributed by atoms with E-state index in [1.807, 2.05) is 0 Å². The van der Waals surface area contributed by atoms with Crippen LogP contribution in [-0.4, -0.2) is 0 Å². The Balaban J connectivity index is 0.000000810. The largest absolute Gasteiger partial charge is 0.402 e. The average molecular weight is 162 g/mol. The van der Waals surface area contributed by atoms with Gasteiger partial charge in [-0.3, -0.25) is 0 Å². The molecule has 0 bridgehead atoms. The molecule has 0 aliphatic heterocycles. The van der Waals surface area contributed by atoms with Gasteiger partial charge in [0.15, 0.2) is 0 Å². The molecule has 1 rings (SSSR count). The van der Waals surface area contributed by atoms with E-state index in [9.17, 15) is 0 Å². The number of hydrogen-bond donors (Lipinski definition) is 1. The van der Waals surface area contributed by atoms with Gasteiger partial charge in [-0.2, -0.15) is 0 Å². The SMILES string of the molecule is Cl.N/C1=C/CCCCCC1. The van der Waals surface area contributed by atoms with Crippen LogP contribution in [-0.2, 0) is 0 Å². The van der Waals surface area contributed by atoms with E-state index in [0.717, 1.165) is 12.1 Å². The first-order valence-corrected chi connectivity index (χ1v) is 3.84. The van der Waals surface area contributed by atoms with Crippen molar-refractivity contribution in [2.24, 2.45) is 5.73 Å². The van der Waals surface area contributed by atoms with E-state index in [2.05, 4.69) is 6.08 Å². The van der Waals surface area contributed by atoms with Gasteiger partial charge in [-0.25, -0.2) is 0 Å². The second-order valence-electron chi connectivity index (χ2n) is 2.73. The van der Waals surface area contributed by atoms with Crippen molar-refractivity contribution in [3.63, 3.8) is 0 Å². The fourth-order valence-electron chi connectivity index (χ4n) is 1.22. The summed E-state index contributed by atoms with van der Waals surface area (Å²) in [4.78, 5) is 0. The van der Waals surface area contributed by atoms with Crippen LogP contribution < -0.4 is 5.73 Å². The Kier molecular flexibility index (Phi) is 5.51. The van der Waals surface area contributed by atoms with E-state index in [1.54, 1.807) is 0 Å². The number of hydrogen-bond acceptors (Lipinski definition) is 1. The first-order chi connectivity index (χ1) is 4.39. The van der Waals surface area contributed by atoms with Crippen molar-refractivity contribution < 1.29 is 0 Å². The van der Waals surface area contributed by atoms with Crippen molar-refractivity contribution in [1.82, 2.24) is 0 Å². The van der Waals surface area contributed by atoms with E-state index in [1.165, 1.54) is 32.1 Å². The van der Waals surface area contributed by atoms with Crippen molar-refractivity contribution in [3.8, 4) is 0 Å². The Morgan fingerprint density at radius 3 is 2.60 bits per heavy atom. The lowest BCUT2D eigenvalue weighted by molar-refractivity contribution is 0.622. The molecule has 0 fully saturated rings. The summed E-state index contributed by atoms with van der Waals surface area (Å²) in [6.07, 6.45) is 9.90. The minimum Gasteiger partial charge on any atom is -0.402 e. The van der Waals surface area contributed by atoms with Crippen LogP contribution >= 0.6 is 12.4 Å². The second-order valence-corrected chi connectivity index (χ2v) is 2.73. The van der Waals surface area contributed by atoms with Crippen molar-refractivity contribution in [2.45, 2.75) is 38.5 Å². The molecule has 1 aliphatic rings. The van der Waals surface area contributed by atoms with Gasteiger partial charge in [0.1, 0.15) is 0 Å². The normalized spacial score (nSPS) is 25.0. The minimum absolute atomic E-state index is 0.